The molecule has 4 amide bonds. The zero-order chi connectivity index (χ0) is 20.1. The second-order valence-electron chi connectivity index (χ2n) is 6.21. The van der Waals surface area contributed by atoms with Gasteiger partial charge in [-0.2, -0.15) is 0 Å². The normalized spacial score (nSPS) is 14.9. The first-order valence-corrected chi connectivity index (χ1v) is 9.42. The third kappa shape index (κ3) is 4.55. The molecule has 28 heavy (non-hydrogen) atoms. The fourth-order valence-corrected chi connectivity index (χ4v) is 3.57. The van der Waals surface area contributed by atoms with Gasteiger partial charge in [0, 0.05) is 11.9 Å². The van der Waals surface area contributed by atoms with E-state index in [0.717, 1.165) is 15.3 Å². The number of carbonyl (C=O) groups is 4. The lowest BCUT2D eigenvalue weighted by atomic mass is 10.1. The molecule has 0 bridgehead atoms. The van der Waals surface area contributed by atoms with Crippen LogP contribution in [0.25, 0.3) is 0 Å². The zero-order valence-electron chi connectivity index (χ0n) is 15.2. The van der Waals surface area contributed by atoms with E-state index in [1.807, 2.05) is 47.8 Å². The molecule has 3 rings (SSSR count). The Labute approximate surface area is 165 Å². The van der Waals surface area contributed by atoms with E-state index in [9.17, 15) is 19.2 Å². The van der Waals surface area contributed by atoms with Crippen molar-refractivity contribution >= 4 is 35.2 Å². The van der Waals surface area contributed by atoms with Gasteiger partial charge in [0.15, 0.2) is 6.61 Å². The molecule has 1 atom stereocenters. The minimum atomic E-state index is -0.820. The van der Waals surface area contributed by atoms with Gasteiger partial charge in [-0.15, -0.1) is 11.3 Å². The van der Waals surface area contributed by atoms with Gasteiger partial charge in [-0.1, -0.05) is 36.4 Å². The van der Waals surface area contributed by atoms with Crippen molar-refractivity contribution in [3.63, 3.8) is 0 Å². The van der Waals surface area contributed by atoms with E-state index in [1.165, 1.54) is 23.3 Å². The number of rotatable bonds is 7. The number of amides is 4. The first-order valence-electron chi connectivity index (χ1n) is 8.54. The van der Waals surface area contributed by atoms with Gasteiger partial charge in [0.1, 0.15) is 13.1 Å². The van der Waals surface area contributed by atoms with E-state index in [1.54, 1.807) is 0 Å². The molecule has 0 aliphatic carbocycles. The van der Waals surface area contributed by atoms with E-state index in [2.05, 4.69) is 5.32 Å². The SMILES string of the molecule is CN1CC(=O)N(CC(=O)OCC(=O)N[C@H](c2ccccc2)c2cccs2)C1=O. The molecular weight excluding hydrogens is 382 g/mol. The van der Waals surface area contributed by atoms with Crippen LogP contribution in [0.3, 0.4) is 0 Å². The van der Waals surface area contributed by atoms with Gasteiger partial charge in [-0.3, -0.25) is 19.3 Å². The molecule has 0 spiro atoms. The molecule has 146 valence electrons. The van der Waals surface area contributed by atoms with Crippen molar-refractivity contribution in [1.82, 2.24) is 15.1 Å². The number of hydrogen-bond donors (Lipinski definition) is 1. The summed E-state index contributed by atoms with van der Waals surface area (Å²) in [5.74, 6) is -1.78. The van der Waals surface area contributed by atoms with Crippen molar-refractivity contribution in [2.45, 2.75) is 6.04 Å². The van der Waals surface area contributed by atoms with Crippen molar-refractivity contribution < 1.29 is 23.9 Å². The molecule has 9 heteroatoms. The second kappa shape index (κ2) is 8.66. The van der Waals surface area contributed by atoms with Crippen LogP contribution in [0, 0.1) is 0 Å². The molecule has 1 aliphatic heterocycles. The molecular formula is C19H19N3O5S. The fourth-order valence-electron chi connectivity index (χ4n) is 2.77. The molecule has 0 unspecified atom stereocenters. The quantitative estimate of drug-likeness (QED) is 0.559. The van der Waals surface area contributed by atoms with Crippen molar-refractivity contribution in [1.29, 1.82) is 0 Å². The van der Waals surface area contributed by atoms with Crippen LogP contribution >= 0.6 is 11.3 Å². The predicted molar refractivity (Wildman–Crippen MR) is 101 cm³/mol. The molecule has 2 heterocycles. The van der Waals surface area contributed by atoms with Gasteiger partial charge in [0.2, 0.25) is 0 Å². The Morgan fingerprint density at radius 2 is 1.93 bits per heavy atom. The van der Waals surface area contributed by atoms with Gasteiger partial charge >= 0.3 is 12.0 Å². The summed E-state index contributed by atoms with van der Waals surface area (Å²) < 4.78 is 4.94. The third-order valence-electron chi connectivity index (χ3n) is 4.15. The number of hydrogen-bond acceptors (Lipinski definition) is 6. The Bertz CT molecular complexity index is 869. The Kier molecular flexibility index (Phi) is 6.05. The number of urea groups is 1. The Morgan fingerprint density at radius 3 is 2.54 bits per heavy atom. The van der Waals surface area contributed by atoms with Crippen molar-refractivity contribution in [3.8, 4) is 0 Å². The molecule has 8 nitrogen and oxygen atoms in total. The summed E-state index contributed by atoms with van der Waals surface area (Å²) in [4.78, 5) is 50.6. The maximum atomic E-state index is 12.3. The summed E-state index contributed by atoms with van der Waals surface area (Å²) in [5, 5.41) is 4.76. The van der Waals surface area contributed by atoms with Gasteiger partial charge in [0.25, 0.3) is 11.8 Å². The number of imide groups is 1. The lowest BCUT2D eigenvalue weighted by Crippen LogP contribution is -2.38. The molecule has 1 N–H and O–H groups in total. The average molecular weight is 401 g/mol. The van der Waals surface area contributed by atoms with Crippen LogP contribution in [0.5, 0.6) is 0 Å². The molecule has 0 radical (unpaired) electrons. The van der Waals surface area contributed by atoms with E-state index in [4.69, 9.17) is 4.74 Å². The fraction of sp³-hybridized carbons (Fsp3) is 0.263. The van der Waals surface area contributed by atoms with Crippen LogP contribution in [-0.2, 0) is 19.1 Å². The number of nitrogens with one attached hydrogen (secondary N) is 1. The lowest BCUT2D eigenvalue weighted by Gasteiger charge is -2.18. The minimum absolute atomic E-state index is 0.0772. The zero-order valence-corrected chi connectivity index (χ0v) is 16.0. The van der Waals surface area contributed by atoms with Crippen molar-refractivity contribution in [2.24, 2.45) is 0 Å². The third-order valence-corrected chi connectivity index (χ3v) is 5.09. The molecule has 2 aromatic rings. The van der Waals surface area contributed by atoms with Crippen molar-refractivity contribution in [3.05, 3.63) is 58.3 Å². The number of esters is 1. The predicted octanol–water partition coefficient (Wildman–Crippen LogP) is 1.39. The average Bonchev–Trinajstić information content (AvgIpc) is 3.30. The summed E-state index contributed by atoms with van der Waals surface area (Å²) in [6.07, 6.45) is 0. The number of benzene rings is 1. The monoisotopic (exact) mass is 401 g/mol. The standard InChI is InChI=1S/C19H19N3O5S/c1-21-10-16(24)22(19(21)26)11-17(25)27-12-15(23)20-18(14-8-5-9-28-14)13-6-3-2-4-7-13/h2-9,18H,10-12H2,1H3,(H,20,23)/t18-/m1/s1. The van der Waals surface area contributed by atoms with E-state index in [-0.39, 0.29) is 12.6 Å². The Hall–Kier alpha value is -3.20. The van der Waals surface area contributed by atoms with E-state index < -0.39 is 37.0 Å². The van der Waals surface area contributed by atoms with Crippen LogP contribution in [0.1, 0.15) is 16.5 Å². The summed E-state index contributed by atoms with van der Waals surface area (Å²) in [5.41, 5.74) is 0.904. The second-order valence-corrected chi connectivity index (χ2v) is 7.19. The minimum Gasteiger partial charge on any atom is -0.454 e. The smallest absolute Gasteiger partial charge is 0.327 e. The molecule has 1 aliphatic rings. The number of thiophene rings is 1. The first kappa shape index (κ1) is 19.6. The number of nitrogens with zero attached hydrogens (tertiary/aromatic N) is 2. The van der Waals surface area contributed by atoms with E-state index in [0.29, 0.717) is 0 Å². The van der Waals surface area contributed by atoms with Crippen LogP contribution in [0.4, 0.5) is 4.79 Å². The van der Waals surface area contributed by atoms with Gasteiger partial charge in [-0.25, -0.2) is 4.79 Å². The van der Waals surface area contributed by atoms with Crippen LogP contribution in [0.2, 0.25) is 0 Å². The highest BCUT2D eigenvalue weighted by Gasteiger charge is 2.35. The maximum absolute atomic E-state index is 12.3. The Morgan fingerprint density at radius 1 is 1.18 bits per heavy atom. The van der Waals surface area contributed by atoms with E-state index >= 15 is 0 Å². The van der Waals surface area contributed by atoms with Gasteiger partial charge in [0.05, 0.1) is 6.04 Å². The molecule has 1 aromatic carbocycles. The summed E-state index contributed by atoms with van der Waals surface area (Å²) in [6.45, 7) is -1.09. The lowest BCUT2D eigenvalue weighted by molar-refractivity contribution is -0.150. The molecule has 1 fully saturated rings. The highest BCUT2D eigenvalue weighted by Crippen LogP contribution is 2.25. The molecule has 1 aromatic heterocycles. The summed E-state index contributed by atoms with van der Waals surface area (Å²) in [6, 6.07) is 12.3. The largest absolute Gasteiger partial charge is 0.454 e. The summed E-state index contributed by atoms with van der Waals surface area (Å²) >= 11 is 1.51. The summed E-state index contributed by atoms with van der Waals surface area (Å²) in [7, 11) is 1.47. The van der Waals surface area contributed by atoms with Gasteiger partial charge in [-0.05, 0) is 17.0 Å². The van der Waals surface area contributed by atoms with Crippen LogP contribution < -0.4 is 5.32 Å². The Balaban J connectivity index is 1.56. The number of likely N-dealkylation sites (N-methyl/N-ethyl adjacent to an activating group) is 1. The number of carbonyl (C=O) groups excluding carboxylic acids is 4. The highest BCUT2D eigenvalue weighted by atomic mass is 32.1. The number of ether oxygens (including phenoxy) is 1. The maximum Gasteiger partial charge on any atom is 0.327 e. The molecule has 1 saturated heterocycles. The van der Waals surface area contributed by atoms with Crippen LogP contribution in [-0.4, -0.2) is 60.4 Å². The first-order chi connectivity index (χ1) is 13.5. The highest BCUT2D eigenvalue weighted by molar-refractivity contribution is 7.10. The van der Waals surface area contributed by atoms with Gasteiger partial charge < -0.3 is 15.0 Å². The van der Waals surface area contributed by atoms with Crippen molar-refractivity contribution in [2.75, 3.05) is 26.7 Å². The molecule has 0 saturated carbocycles. The van der Waals surface area contributed by atoms with Crippen LogP contribution in [0.15, 0.2) is 47.8 Å². The topological polar surface area (TPSA) is 96.0 Å².